The summed E-state index contributed by atoms with van der Waals surface area (Å²) in [5.41, 5.74) is 42.6. The minimum Gasteiger partial charge on any atom is -0.311 e. The molecule has 2 aromatic heterocycles. The van der Waals surface area contributed by atoms with E-state index in [2.05, 4.69) is 526 Å². The van der Waals surface area contributed by atoms with Gasteiger partial charge in [0.2, 0.25) is 0 Å². The number of hydrogen-bond acceptors (Lipinski definition) is 11. The lowest BCUT2D eigenvalue weighted by Crippen LogP contribution is -2.66. The molecule has 0 unspecified atom stereocenters. The highest BCUT2D eigenvalue weighted by Gasteiger charge is 2.54. The summed E-state index contributed by atoms with van der Waals surface area (Å²) >= 11 is 3.99. The first kappa shape index (κ1) is 82.4. The first-order valence-electron chi connectivity index (χ1n) is 47.5. The Morgan fingerprint density at radius 1 is 0.191 bits per heavy atom. The van der Waals surface area contributed by atoms with Crippen LogP contribution in [0.5, 0.6) is 0 Å². The van der Waals surface area contributed by atoms with Gasteiger partial charge >= 0.3 is 0 Å². The third kappa shape index (κ3) is 13.2. The topological polar surface area (TPSA) is 29.2 Å². The average Bonchev–Trinajstić information content (AvgIpc) is 1.26. The Morgan fingerprint density at radius 2 is 0.404 bits per heavy atom. The SMILES string of the molecule is Cc1ccccc1N1c2cc3c(cc2B2c4sc(C(C)(C)C)cc4N(c4ccccc4)c4cc(N(c5ccccc5)c5ccccc5)cc1c42)B1c2cc4c(cc2N(c2ccccc2C)c2cc(N(c5ccccc5)c5ccccc5)cc(c21)N3c1ccccc1C)N(c1ccccc1C)c1cc(N(c2ccccc2)c2ccccc2)cc2c1B4c1sc(C(C)(C)C)cc1N2c1ccccc1. The molecule has 0 fully saturated rings. The smallest absolute Gasteiger partial charge is 0.264 e. The van der Waals surface area contributed by atoms with Gasteiger partial charge in [0.05, 0.1) is 28.4 Å². The number of thiophene rings is 2. The number of aryl methyl sites for hydroxylation is 4. The second-order valence-corrected chi connectivity index (χ2v) is 41.2. The van der Waals surface area contributed by atoms with Crippen molar-refractivity contribution in [3.63, 3.8) is 0 Å². The fraction of sp³-hybridized carbons (Fsp3) is 0.0984. The van der Waals surface area contributed by atoms with Crippen LogP contribution in [0.2, 0.25) is 0 Å². The maximum Gasteiger partial charge on any atom is 0.264 e. The number of fused-ring (bicyclic) bond motifs is 12. The van der Waals surface area contributed by atoms with Crippen molar-refractivity contribution in [1.29, 1.82) is 0 Å². The van der Waals surface area contributed by atoms with Crippen LogP contribution >= 0.6 is 22.7 Å². The molecule has 0 amide bonds. The van der Waals surface area contributed by atoms with Crippen LogP contribution < -0.4 is 91.9 Å². The van der Waals surface area contributed by atoms with Crippen molar-refractivity contribution < 1.29 is 0 Å². The third-order valence-corrected chi connectivity index (χ3v) is 31.7. The number of rotatable bonds is 15. The summed E-state index contributed by atoms with van der Waals surface area (Å²) < 4.78 is 2.64. The Bertz CT molecular complexity index is 7400. The van der Waals surface area contributed by atoms with E-state index < -0.39 is 6.71 Å². The van der Waals surface area contributed by atoms with Crippen LogP contribution in [0.1, 0.15) is 73.6 Å². The Morgan fingerprint density at radius 3 is 0.647 bits per heavy atom. The predicted molar refractivity (Wildman–Crippen MR) is 585 cm³/mol. The molecule has 14 heteroatoms. The molecule has 0 aliphatic carbocycles. The lowest BCUT2D eigenvalue weighted by molar-refractivity contribution is 0.603. The number of hydrogen-bond donors (Lipinski definition) is 0. The van der Waals surface area contributed by atoms with E-state index in [0.717, 1.165) is 164 Å². The van der Waals surface area contributed by atoms with E-state index >= 15 is 0 Å². The quantitative estimate of drug-likeness (QED) is 0.0931. The summed E-state index contributed by atoms with van der Waals surface area (Å²) in [6.07, 6.45) is 0. The van der Waals surface area contributed by atoms with Gasteiger partial charge < -0.3 is 44.1 Å². The molecule has 0 atom stereocenters. The Kier molecular flexibility index (Phi) is 19.5. The van der Waals surface area contributed by atoms with E-state index in [1.165, 1.54) is 68.9 Å². The molecular formula is C122H98B3N9S2. The molecule has 0 radical (unpaired) electrons. The largest absolute Gasteiger partial charge is 0.311 e. The van der Waals surface area contributed by atoms with E-state index in [1.54, 1.807) is 0 Å². The summed E-state index contributed by atoms with van der Waals surface area (Å²) in [5, 5.41) is 0. The molecular weight excluding hydrogens is 1690 g/mol. The Balaban J connectivity index is 0.848. The summed E-state index contributed by atoms with van der Waals surface area (Å²) in [6.45, 7) is 22.7. The maximum atomic E-state index is 2.76. The molecule has 0 spiro atoms. The van der Waals surface area contributed by atoms with Gasteiger partial charge in [-0.1, -0.05) is 272 Å². The van der Waals surface area contributed by atoms with Crippen LogP contribution in [0.15, 0.2) is 413 Å². The van der Waals surface area contributed by atoms with Crippen molar-refractivity contribution >= 4 is 244 Å². The highest BCUT2D eigenvalue weighted by Crippen LogP contribution is 2.58. The molecule has 19 aromatic rings. The molecule has 0 saturated heterocycles. The first-order valence-corrected chi connectivity index (χ1v) is 49.1. The highest BCUT2D eigenvalue weighted by atomic mass is 32.1. The number of para-hydroxylation sites is 12. The summed E-state index contributed by atoms with van der Waals surface area (Å²) in [7, 11) is 0. The van der Waals surface area contributed by atoms with Gasteiger partial charge in [0, 0.05) is 144 Å². The van der Waals surface area contributed by atoms with Crippen molar-refractivity contribution in [2.24, 2.45) is 0 Å². The molecule has 6 aliphatic rings. The monoisotopic (exact) mass is 1790 g/mol. The summed E-state index contributed by atoms with van der Waals surface area (Å²) in [4.78, 5) is 26.1. The Hall–Kier alpha value is -15.5. The van der Waals surface area contributed by atoms with Crippen molar-refractivity contribution in [3.8, 4) is 0 Å². The van der Waals surface area contributed by atoms with Crippen LogP contribution in [-0.2, 0) is 10.8 Å². The predicted octanol–water partition coefficient (Wildman–Crippen LogP) is 28.3. The summed E-state index contributed by atoms with van der Waals surface area (Å²) in [5.74, 6) is 0. The van der Waals surface area contributed by atoms with Crippen molar-refractivity contribution in [2.75, 3.05) is 44.1 Å². The zero-order valence-electron chi connectivity index (χ0n) is 77.8. The fourth-order valence-electron chi connectivity index (χ4n) is 22.3. The average molecular weight is 1790 g/mol. The molecule has 0 bridgehead atoms. The zero-order valence-corrected chi connectivity index (χ0v) is 79.5. The fourth-order valence-corrected chi connectivity index (χ4v) is 25.0. The van der Waals surface area contributed by atoms with E-state index in [-0.39, 0.29) is 24.3 Å². The van der Waals surface area contributed by atoms with Crippen LogP contribution in [0.4, 0.5) is 154 Å². The molecule has 8 heterocycles. The molecule has 17 aromatic carbocycles. The second kappa shape index (κ2) is 32.2. The Labute approximate surface area is 806 Å². The highest BCUT2D eigenvalue weighted by molar-refractivity contribution is 7.30. The number of nitrogens with zero attached hydrogens (tertiary/aromatic N) is 9. The van der Waals surface area contributed by atoms with E-state index in [9.17, 15) is 0 Å². The van der Waals surface area contributed by atoms with Crippen LogP contribution in [0.25, 0.3) is 0 Å². The van der Waals surface area contributed by atoms with Gasteiger partial charge in [-0.05, 0) is 281 Å². The third-order valence-electron chi connectivity index (χ3n) is 28.5. The van der Waals surface area contributed by atoms with Crippen LogP contribution in [0.3, 0.4) is 0 Å². The zero-order chi connectivity index (χ0) is 91.7. The van der Waals surface area contributed by atoms with E-state index in [0.29, 0.717) is 0 Å². The minimum atomic E-state index is -0.405. The molecule has 0 saturated carbocycles. The molecule has 25 rings (SSSR count). The molecule has 136 heavy (non-hydrogen) atoms. The van der Waals surface area contributed by atoms with Gasteiger partial charge in [-0.25, -0.2) is 0 Å². The molecule has 652 valence electrons. The van der Waals surface area contributed by atoms with Crippen molar-refractivity contribution in [3.05, 3.63) is 445 Å². The van der Waals surface area contributed by atoms with Gasteiger partial charge in [-0.2, -0.15) is 22.7 Å². The van der Waals surface area contributed by atoms with E-state index in [4.69, 9.17) is 0 Å². The van der Waals surface area contributed by atoms with Gasteiger partial charge in [-0.15, -0.1) is 0 Å². The minimum absolute atomic E-state index is 0.209. The number of benzene rings is 17. The molecule has 0 N–H and O–H groups in total. The summed E-state index contributed by atoms with van der Waals surface area (Å²) in [6, 6.07) is 156. The standard InChI is InChI=1S/C122H98B3N9S2/c1-79-43-35-39-63-98(79)131-102-75-104-96(124-117-106(129(89-59-31-17-32-60-89)112-77-114(121(5,6)7)135-119(112)124)67-91(71-110(117)133(104)100-65-41-37-45-81(100)3)126(83-47-19-11-20-48-83)84-49-21-12-22-50-84)73-94(102)123-95-74-97-105(76-103(95)132(99-64-40-36-44-80(99)2)109-70-93(69-108(131)116(109)123)128(87-55-27-15-28-56-87)88-57-29-16-30-58-88)134(101-66-42-38-46-82(101)4)111-72-92(127(85-51-23-13-24-52-85)86-53-25-14-26-54-86)68-107-118(111)125(97)120-113(78-115(136-120)122(8,9)10)130(107)90-61-33-18-34-62-90/h11-78H,1-10H3. The molecule has 9 nitrogen and oxygen atoms in total. The number of anilines is 27. The second-order valence-electron chi connectivity index (χ2n) is 39.0. The lowest BCUT2D eigenvalue weighted by Gasteiger charge is -2.49. The first-order chi connectivity index (χ1) is 66.4. The van der Waals surface area contributed by atoms with Crippen molar-refractivity contribution in [1.82, 2.24) is 0 Å². The van der Waals surface area contributed by atoms with Crippen LogP contribution in [0, 0.1) is 27.7 Å². The van der Waals surface area contributed by atoms with Gasteiger partial charge in [-0.3, -0.25) is 0 Å². The normalized spacial score (nSPS) is 13.4. The molecule has 6 aliphatic heterocycles. The lowest BCUT2D eigenvalue weighted by atomic mass is 9.30. The van der Waals surface area contributed by atoms with Crippen LogP contribution in [-0.4, -0.2) is 20.1 Å². The van der Waals surface area contributed by atoms with E-state index in [1.807, 2.05) is 22.7 Å². The van der Waals surface area contributed by atoms with Crippen molar-refractivity contribution in [2.45, 2.75) is 80.1 Å². The van der Waals surface area contributed by atoms with Gasteiger partial charge in [0.1, 0.15) is 0 Å². The van der Waals surface area contributed by atoms with Gasteiger partial charge in [0.15, 0.2) is 0 Å². The van der Waals surface area contributed by atoms with Gasteiger partial charge in [0.25, 0.3) is 20.1 Å². The maximum absolute atomic E-state index is 2.76.